The van der Waals surface area contributed by atoms with E-state index in [1.54, 1.807) is 104 Å². The minimum atomic E-state index is -4.85. The molecule has 0 saturated heterocycles. The first-order chi connectivity index (χ1) is 50.8. The fourth-order valence-corrected chi connectivity index (χ4v) is 18.2. The lowest BCUT2D eigenvalue weighted by Gasteiger charge is -2.33. The molecule has 0 amide bonds. The molecule has 0 saturated carbocycles. The van der Waals surface area contributed by atoms with E-state index in [1.165, 1.54) is 72.8 Å². The maximum Gasteiger partial charge on any atom is 0.339 e. The summed E-state index contributed by atoms with van der Waals surface area (Å²) in [4.78, 5) is 3.28. The van der Waals surface area contributed by atoms with Crippen LogP contribution in [0.5, 0.6) is 46.0 Å². The number of nitrogens with zero attached hydrogens (tertiary/aromatic N) is 2. The number of hydrogen-bond donors (Lipinski definition) is 4. The van der Waals surface area contributed by atoms with Gasteiger partial charge in [-0.1, -0.05) is 178 Å². The molecule has 0 radical (unpaired) electrons. The molecular formula is C85H90N2O16S4. The number of hydrogen-bond acceptors (Lipinski definition) is 18. The van der Waals surface area contributed by atoms with Crippen LogP contribution in [0.3, 0.4) is 0 Å². The van der Waals surface area contributed by atoms with Crippen molar-refractivity contribution in [2.24, 2.45) is 0 Å². The maximum absolute atomic E-state index is 15.0. The molecule has 10 aromatic carbocycles. The van der Waals surface area contributed by atoms with Crippen molar-refractivity contribution in [2.75, 3.05) is 13.1 Å². The van der Waals surface area contributed by atoms with Gasteiger partial charge >= 0.3 is 40.5 Å². The minimum Gasteiger partial charge on any atom is -0.507 e. The highest BCUT2D eigenvalue weighted by Gasteiger charge is 2.38. The highest BCUT2D eigenvalue weighted by atomic mass is 32.2. The summed E-state index contributed by atoms with van der Waals surface area (Å²) in [6, 6.07) is 51.0. The van der Waals surface area contributed by atoms with Crippen molar-refractivity contribution in [3.8, 4) is 46.0 Å². The number of aryl methyl sites for hydroxylation is 4. The number of phenols is 4. The molecular weight excluding hydrogens is 1430 g/mol. The third-order valence-electron chi connectivity index (χ3n) is 21.2. The average Bonchev–Trinajstić information content (AvgIpc) is 0.742. The molecule has 107 heavy (non-hydrogen) atoms. The van der Waals surface area contributed by atoms with Crippen LogP contribution in [0.4, 0.5) is 0 Å². The molecule has 0 aromatic heterocycles. The number of fused-ring (bicyclic) bond motifs is 10. The van der Waals surface area contributed by atoms with Gasteiger partial charge in [0.15, 0.2) is 23.0 Å². The van der Waals surface area contributed by atoms with Crippen LogP contribution in [-0.4, -0.2) is 77.0 Å². The summed E-state index contributed by atoms with van der Waals surface area (Å²) in [5, 5.41) is 54.1. The van der Waals surface area contributed by atoms with Crippen LogP contribution in [0, 0.1) is 27.7 Å². The van der Waals surface area contributed by atoms with E-state index in [1.807, 2.05) is 74.5 Å². The van der Waals surface area contributed by atoms with Crippen molar-refractivity contribution < 1.29 is 70.8 Å². The van der Waals surface area contributed by atoms with E-state index in [4.69, 9.17) is 16.7 Å². The largest absolute Gasteiger partial charge is 0.507 e. The van der Waals surface area contributed by atoms with Crippen LogP contribution in [0.1, 0.15) is 198 Å². The average molecular weight is 1520 g/mol. The molecule has 4 unspecified atom stereocenters. The molecule has 3 aliphatic rings. The van der Waals surface area contributed by atoms with E-state index >= 15 is 33.7 Å². The molecule has 10 aromatic rings. The first kappa shape index (κ1) is 77.0. The summed E-state index contributed by atoms with van der Waals surface area (Å²) >= 11 is 0. The Morgan fingerprint density at radius 1 is 0.318 bits per heavy atom. The zero-order valence-corrected chi connectivity index (χ0v) is 64.8. The molecule has 0 fully saturated rings. The van der Waals surface area contributed by atoms with E-state index < -0.39 is 110 Å². The summed E-state index contributed by atoms with van der Waals surface area (Å²) in [7, 11) is -19.4. The summed E-state index contributed by atoms with van der Waals surface area (Å²) < 4.78 is 145. The van der Waals surface area contributed by atoms with Gasteiger partial charge in [0.2, 0.25) is 0 Å². The molecule has 2 heterocycles. The van der Waals surface area contributed by atoms with E-state index in [-0.39, 0.29) is 100 Å². The zero-order chi connectivity index (χ0) is 76.6. The number of aromatic hydroxyl groups is 4. The van der Waals surface area contributed by atoms with Crippen LogP contribution < -0.4 is 16.7 Å². The molecule has 560 valence electrons. The normalized spacial score (nSPS) is 17.8. The lowest BCUT2D eigenvalue weighted by molar-refractivity contribution is 0.187. The summed E-state index contributed by atoms with van der Waals surface area (Å²) in [6.45, 7) is 18.6. The van der Waals surface area contributed by atoms with Gasteiger partial charge in [-0.15, -0.1) is 0 Å². The molecule has 22 heteroatoms. The fraction of sp³-hybridized carbons (Fsp3) is 0.294. The zero-order valence-electron chi connectivity index (χ0n) is 61.5. The van der Waals surface area contributed by atoms with E-state index in [0.29, 0.717) is 25.9 Å². The Hall–Kier alpha value is -9.68. The van der Waals surface area contributed by atoms with Gasteiger partial charge in [0.25, 0.3) is 0 Å². The van der Waals surface area contributed by atoms with E-state index in [2.05, 4.69) is 9.80 Å². The van der Waals surface area contributed by atoms with Gasteiger partial charge < -0.3 is 37.2 Å². The Kier molecular flexibility index (Phi) is 22.5. The lowest BCUT2D eigenvalue weighted by Crippen LogP contribution is -2.28. The minimum absolute atomic E-state index is 0.0205. The predicted octanol–water partition coefficient (Wildman–Crippen LogP) is 17.8. The Bertz CT molecular complexity index is 4820. The Morgan fingerprint density at radius 2 is 0.542 bits per heavy atom. The SMILES string of the molecule is Cc1ccc(S(=O)(=O)Oc2cc(OS(=O)(=O)c3ccc(C)cc3)c3cc2C(C)c2cc4c(O)c(c2O)CN([C@H](C)c2ccccc2)CCCCCCCN([C@H](C)c2ccccc2)Cc2c(O)c(cc(c2O)C(C)c2cc(c(OS(=O)(=O)c5ccc(C)cc5)cc2OS(=O)(=O)c2ccc(C)cc2)C4C)C3C)cc1. The van der Waals surface area contributed by atoms with Crippen LogP contribution in [0.15, 0.2) is 214 Å². The van der Waals surface area contributed by atoms with Crippen LogP contribution in [0.25, 0.3) is 0 Å². The molecule has 6 atom stereocenters. The number of phenolic OH excluding ortho intramolecular Hbond substituents is 4. The number of benzene rings is 10. The first-order valence-corrected chi connectivity index (χ1v) is 41.6. The van der Waals surface area contributed by atoms with Crippen molar-refractivity contribution in [3.05, 3.63) is 283 Å². The van der Waals surface area contributed by atoms with Gasteiger partial charge in [0.05, 0.1) is 11.1 Å². The van der Waals surface area contributed by atoms with Gasteiger partial charge in [0.1, 0.15) is 42.6 Å². The van der Waals surface area contributed by atoms with Gasteiger partial charge in [-0.05, 0) is 151 Å². The highest BCUT2D eigenvalue weighted by molar-refractivity contribution is 7.88. The predicted molar refractivity (Wildman–Crippen MR) is 412 cm³/mol. The molecule has 13 rings (SSSR count). The molecule has 0 spiro atoms. The monoisotopic (exact) mass is 1520 g/mol. The van der Waals surface area contributed by atoms with Crippen LogP contribution in [-0.2, 0) is 53.6 Å². The Labute approximate surface area is 629 Å². The van der Waals surface area contributed by atoms with Crippen LogP contribution >= 0.6 is 0 Å². The maximum atomic E-state index is 15.0. The van der Waals surface area contributed by atoms with Gasteiger partial charge in [0, 0.05) is 105 Å². The topological polar surface area (TPSA) is 261 Å². The second-order valence-corrected chi connectivity index (χ2v) is 34.7. The Morgan fingerprint density at radius 3 is 0.785 bits per heavy atom. The highest BCUT2D eigenvalue weighted by Crippen LogP contribution is 2.54. The standard InChI is InChI=1S/C85H90N2O16S4/c1-52-26-34-64(35-27-52)104(92,93)100-78-48-79(101-105(94,95)65-36-28-53(2)29-37-65)69-44-68(78)56(5)72-46-73-58(7)70-45-71(81(103-107(98,99)67-40-32-55(4)33-41-67)49-80(70)102-106(96,97)66-38-30-54(3)31-39-66)59(8)75-47-74(57(69)6)84(90)77(85(75)91)51-87(61(10)63-24-18-15-19-25-63)43-21-13-11-12-20-42-86(50-76(82(72)88)83(73)89)60(9)62-22-16-14-17-23-62/h14-19,22-41,44-49,56-61,88-91H,11-13,20-21,42-43,50-51H2,1-10H3/t56?,57?,58?,59?,60-,61-/m1/s1. The fourth-order valence-electron chi connectivity index (χ4n) is 14.4. The molecule has 1 aliphatic carbocycles. The van der Waals surface area contributed by atoms with Gasteiger partial charge in [-0.3, -0.25) is 9.80 Å². The second kappa shape index (κ2) is 31.3. The first-order valence-electron chi connectivity index (χ1n) is 35.9. The third kappa shape index (κ3) is 16.4. The third-order valence-corrected chi connectivity index (χ3v) is 26.2. The summed E-state index contributed by atoms with van der Waals surface area (Å²) in [5.74, 6) is -8.27. The summed E-state index contributed by atoms with van der Waals surface area (Å²) in [6.07, 6.45) is 3.75. The molecule has 4 N–H and O–H groups in total. The number of rotatable bonds is 16. The molecule has 10 bridgehead atoms. The van der Waals surface area contributed by atoms with Gasteiger partial charge in [-0.2, -0.15) is 33.7 Å². The van der Waals surface area contributed by atoms with Crippen molar-refractivity contribution >= 4 is 40.5 Å². The lowest BCUT2D eigenvalue weighted by atomic mass is 9.79. The van der Waals surface area contributed by atoms with E-state index in [9.17, 15) is 20.4 Å². The smallest absolute Gasteiger partial charge is 0.339 e. The van der Waals surface area contributed by atoms with Crippen molar-refractivity contribution in [2.45, 2.75) is 170 Å². The van der Waals surface area contributed by atoms with Crippen molar-refractivity contribution in [3.63, 3.8) is 0 Å². The molecule has 2 aliphatic heterocycles. The van der Waals surface area contributed by atoms with Crippen LogP contribution in [0.2, 0.25) is 0 Å². The van der Waals surface area contributed by atoms with Crippen molar-refractivity contribution in [1.82, 2.24) is 9.80 Å². The van der Waals surface area contributed by atoms with Gasteiger partial charge in [-0.25, -0.2) is 0 Å². The quantitative estimate of drug-likeness (QED) is 0.0655. The Balaban J connectivity index is 1.23. The second-order valence-electron chi connectivity index (χ2n) is 28.5. The van der Waals surface area contributed by atoms with Crippen molar-refractivity contribution in [1.29, 1.82) is 0 Å². The van der Waals surface area contributed by atoms with E-state index in [0.717, 1.165) is 64.8 Å². The molecule has 18 nitrogen and oxygen atoms in total. The summed E-state index contributed by atoms with van der Waals surface area (Å²) in [5.41, 5.74) is 5.36.